The third kappa shape index (κ3) is 4.11. The molecule has 1 aromatic heterocycles. The van der Waals surface area contributed by atoms with E-state index < -0.39 is 0 Å². The normalized spacial score (nSPS) is 10.2. The molecular weight excluding hydrogens is 332 g/mol. The van der Waals surface area contributed by atoms with Crippen molar-refractivity contribution < 1.29 is 9.53 Å². The van der Waals surface area contributed by atoms with E-state index in [9.17, 15) is 4.79 Å². The number of esters is 1. The molecule has 1 heterocycles. The summed E-state index contributed by atoms with van der Waals surface area (Å²) in [5.41, 5.74) is 4.68. The van der Waals surface area contributed by atoms with E-state index in [2.05, 4.69) is 15.8 Å². The molecule has 0 aliphatic heterocycles. The Morgan fingerprint density at radius 2 is 1.80 bits per heavy atom. The summed E-state index contributed by atoms with van der Waals surface area (Å²) in [6.07, 6.45) is 1.05. The summed E-state index contributed by atoms with van der Waals surface area (Å²) < 4.78 is 4.66. The van der Waals surface area contributed by atoms with Crippen LogP contribution in [-0.2, 0) is 16.0 Å². The van der Waals surface area contributed by atoms with Gasteiger partial charge in [-0.25, -0.2) is 4.98 Å². The van der Waals surface area contributed by atoms with Crippen molar-refractivity contribution in [3.63, 3.8) is 0 Å². The molecule has 0 spiro atoms. The van der Waals surface area contributed by atoms with E-state index in [0.29, 0.717) is 18.4 Å². The van der Waals surface area contributed by atoms with Crippen LogP contribution in [-0.4, -0.2) is 18.1 Å². The van der Waals surface area contributed by atoms with Gasteiger partial charge in [-0.3, -0.25) is 4.79 Å². The quantitative estimate of drug-likeness (QED) is 0.639. The number of aryl methyl sites for hydroxylation is 1. The predicted molar refractivity (Wildman–Crippen MR) is 98.0 cm³/mol. The van der Waals surface area contributed by atoms with Gasteiger partial charge in [-0.05, 0) is 24.1 Å². The molecule has 0 N–H and O–H groups in total. The molecule has 2 aromatic carbocycles. The lowest BCUT2D eigenvalue weighted by Gasteiger charge is -2.02. The van der Waals surface area contributed by atoms with E-state index in [0.717, 1.165) is 27.4 Å². The number of nitriles is 1. The highest BCUT2D eigenvalue weighted by Crippen LogP contribution is 2.29. The molecule has 3 rings (SSSR count). The van der Waals surface area contributed by atoms with Crippen LogP contribution in [0.2, 0.25) is 0 Å². The zero-order valence-electron chi connectivity index (χ0n) is 13.7. The fourth-order valence-electron chi connectivity index (χ4n) is 2.42. The average molecular weight is 348 g/mol. The smallest absolute Gasteiger partial charge is 0.305 e. The number of carbonyl (C=O) groups excluding carboxylic acids is 1. The van der Waals surface area contributed by atoms with Gasteiger partial charge in [0.25, 0.3) is 0 Å². The molecule has 0 atom stereocenters. The van der Waals surface area contributed by atoms with Gasteiger partial charge in [-0.1, -0.05) is 36.4 Å². The summed E-state index contributed by atoms with van der Waals surface area (Å²) in [5.74, 6) is -0.198. The van der Waals surface area contributed by atoms with Crippen molar-refractivity contribution in [3.05, 3.63) is 65.0 Å². The van der Waals surface area contributed by atoms with Crippen LogP contribution in [0.25, 0.3) is 21.8 Å². The lowest BCUT2D eigenvalue weighted by atomic mass is 10.1. The minimum atomic E-state index is -0.198. The van der Waals surface area contributed by atoms with Gasteiger partial charge in [-0.15, -0.1) is 11.3 Å². The molecule has 25 heavy (non-hydrogen) atoms. The SMILES string of the molecule is COC(=O)CCc1ccc(-c2nc(-c3ccc(C#N)cc3)cs2)cc1. The van der Waals surface area contributed by atoms with Crippen LogP contribution >= 0.6 is 11.3 Å². The molecule has 0 aliphatic carbocycles. The Labute approximate surface area is 150 Å². The number of rotatable bonds is 5. The Balaban J connectivity index is 1.73. The zero-order chi connectivity index (χ0) is 17.6. The van der Waals surface area contributed by atoms with Crippen LogP contribution in [0.3, 0.4) is 0 Å². The van der Waals surface area contributed by atoms with E-state index >= 15 is 0 Å². The maximum atomic E-state index is 11.2. The molecule has 0 saturated heterocycles. The number of ether oxygens (including phenoxy) is 1. The number of carbonyl (C=O) groups is 1. The fourth-order valence-corrected chi connectivity index (χ4v) is 3.25. The Kier molecular flexibility index (Phi) is 5.22. The first kappa shape index (κ1) is 16.9. The summed E-state index contributed by atoms with van der Waals surface area (Å²) in [5, 5.41) is 11.8. The van der Waals surface area contributed by atoms with Gasteiger partial charge < -0.3 is 4.74 Å². The molecule has 5 heteroatoms. The highest BCUT2D eigenvalue weighted by Gasteiger charge is 2.08. The first-order chi connectivity index (χ1) is 12.2. The van der Waals surface area contributed by atoms with Crippen molar-refractivity contribution in [1.82, 2.24) is 4.98 Å². The van der Waals surface area contributed by atoms with Crippen molar-refractivity contribution in [3.8, 4) is 27.9 Å². The van der Waals surface area contributed by atoms with Crippen LogP contribution in [0.4, 0.5) is 0 Å². The summed E-state index contributed by atoms with van der Waals surface area (Å²) in [6, 6.07) is 17.6. The van der Waals surface area contributed by atoms with Gasteiger partial charge in [0.05, 0.1) is 24.4 Å². The largest absolute Gasteiger partial charge is 0.469 e. The number of hydrogen-bond acceptors (Lipinski definition) is 5. The van der Waals surface area contributed by atoms with Gasteiger partial charge in [0.2, 0.25) is 0 Å². The minimum Gasteiger partial charge on any atom is -0.469 e. The number of nitrogens with zero attached hydrogens (tertiary/aromatic N) is 2. The monoisotopic (exact) mass is 348 g/mol. The molecule has 0 amide bonds. The highest BCUT2D eigenvalue weighted by atomic mass is 32.1. The second-order valence-corrected chi connectivity index (χ2v) is 6.36. The van der Waals surface area contributed by atoms with Crippen molar-refractivity contribution in [2.45, 2.75) is 12.8 Å². The topological polar surface area (TPSA) is 63.0 Å². The Morgan fingerprint density at radius 3 is 2.44 bits per heavy atom. The standard InChI is InChI=1S/C20H16N2O2S/c1-24-19(23)11-6-14-2-9-17(10-3-14)20-22-18(13-25-20)16-7-4-15(12-21)5-8-16/h2-5,7-10,13H,6,11H2,1H3. The van der Waals surface area contributed by atoms with Gasteiger partial charge in [0.1, 0.15) is 5.01 Å². The van der Waals surface area contributed by atoms with Crippen LogP contribution in [0.1, 0.15) is 17.5 Å². The number of benzene rings is 2. The maximum absolute atomic E-state index is 11.2. The van der Waals surface area contributed by atoms with Crippen molar-refractivity contribution in [1.29, 1.82) is 5.26 Å². The van der Waals surface area contributed by atoms with E-state index in [1.807, 2.05) is 41.8 Å². The third-order valence-corrected chi connectivity index (χ3v) is 4.75. The number of hydrogen-bond donors (Lipinski definition) is 0. The first-order valence-electron chi connectivity index (χ1n) is 7.82. The molecular formula is C20H16N2O2S. The lowest BCUT2D eigenvalue weighted by Crippen LogP contribution is -2.01. The minimum absolute atomic E-state index is 0.198. The summed E-state index contributed by atoms with van der Waals surface area (Å²) in [7, 11) is 1.40. The molecule has 0 saturated carbocycles. The molecule has 0 bridgehead atoms. The van der Waals surface area contributed by atoms with Crippen molar-refractivity contribution >= 4 is 17.3 Å². The maximum Gasteiger partial charge on any atom is 0.305 e. The van der Waals surface area contributed by atoms with Crippen LogP contribution in [0, 0.1) is 11.3 Å². The second-order valence-electron chi connectivity index (χ2n) is 5.50. The Hall–Kier alpha value is -2.97. The number of thiazole rings is 1. The lowest BCUT2D eigenvalue weighted by molar-refractivity contribution is -0.140. The highest BCUT2D eigenvalue weighted by molar-refractivity contribution is 7.13. The second kappa shape index (κ2) is 7.73. The molecule has 0 fully saturated rings. The summed E-state index contributed by atoms with van der Waals surface area (Å²) >= 11 is 1.58. The summed E-state index contributed by atoms with van der Waals surface area (Å²) in [4.78, 5) is 15.9. The predicted octanol–water partition coefficient (Wildman–Crippen LogP) is 4.45. The van der Waals surface area contributed by atoms with E-state index in [-0.39, 0.29) is 5.97 Å². The molecule has 4 nitrogen and oxygen atoms in total. The number of aromatic nitrogens is 1. The molecule has 0 aliphatic rings. The van der Waals surface area contributed by atoms with Crippen molar-refractivity contribution in [2.24, 2.45) is 0 Å². The van der Waals surface area contributed by atoms with Gasteiger partial charge >= 0.3 is 5.97 Å². The Morgan fingerprint density at radius 1 is 1.12 bits per heavy atom. The molecule has 0 radical (unpaired) electrons. The zero-order valence-corrected chi connectivity index (χ0v) is 14.5. The average Bonchev–Trinajstić information content (AvgIpc) is 3.16. The van der Waals surface area contributed by atoms with E-state index in [1.54, 1.807) is 23.5 Å². The van der Waals surface area contributed by atoms with Gasteiger partial charge in [0, 0.05) is 22.9 Å². The van der Waals surface area contributed by atoms with Crippen LogP contribution in [0.15, 0.2) is 53.9 Å². The fraction of sp³-hybridized carbons (Fsp3) is 0.150. The van der Waals surface area contributed by atoms with E-state index in [1.165, 1.54) is 7.11 Å². The molecule has 124 valence electrons. The Bertz CT molecular complexity index is 906. The number of methoxy groups -OCH3 is 1. The molecule has 3 aromatic rings. The van der Waals surface area contributed by atoms with Gasteiger partial charge in [0.15, 0.2) is 0 Å². The van der Waals surface area contributed by atoms with Crippen LogP contribution < -0.4 is 0 Å². The summed E-state index contributed by atoms with van der Waals surface area (Å²) in [6.45, 7) is 0. The van der Waals surface area contributed by atoms with Crippen molar-refractivity contribution in [2.75, 3.05) is 7.11 Å². The van der Waals surface area contributed by atoms with E-state index in [4.69, 9.17) is 5.26 Å². The van der Waals surface area contributed by atoms with Gasteiger partial charge in [-0.2, -0.15) is 5.26 Å². The van der Waals surface area contributed by atoms with Crippen LogP contribution in [0.5, 0.6) is 0 Å². The third-order valence-electron chi connectivity index (χ3n) is 3.86. The molecule has 0 unspecified atom stereocenters. The first-order valence-corrected chi connectivity index (χ1v) is 8.70.